The first kappa shape index (κ1) is 19.6. The molecule has 0 unspecified atom stereocenters. The number of aromatic amines is 2. The molecular formula is C25H33N5. The SMILES string of the molecule is c1ccc(-c2cnc([C@@](NC3CCCCC3)(c3ncc[nH]3)C3CCCCC3)[nH]2)cc1. The molecule has 0 saturated heterocycles. The molecule has 2 aliphatic rings. The van der Waals surface area contributed by atoms with E-state index < -0.39 is 0 Å². The van der Waals surface area contributed by atoms with Crippen molar-refractivity contribution in [3.63, 3.8) is 0 Å². The van der Waals surface area contributed by atoms with E-state index in [4.69, 9.17) is 9.97 Å². The predicted molar refractivity (Wildman–Crippen MR) is 120 cm³/mol. The average molecular weight is 404 g/mol. The molecule has 30 heavy (non-hydrogen) atoms. The van der Waals surface area contributed by atoms with Crippen molar-refractivity contribution >= 4 is 0 Å². The number of benzene rings is 1. The quantitative estimate of drug-likeness (QED) is 0.506. The number of rotatable bonds is 6. The highest BCUT2D eigenvalue weighted by Crippen LogP contribution is 2.43. The van der Waals surface area contributed by atoms with Crippen LogP contribution in [0.3, 0.4) is 0 Å². The minimum Gasteiger partial charge on any atom is -0.347 e. The molecule has 0 aliphatic heterocycles. The van der Waals surface area contributed by atoms with Gasteiger partial charge in [-0.2, -0.15) is 0 Å². The summed E-state index contributed by atoms with van der Waals surface area (Å²) >= 11 is 0. The van der Waals surface area contributed by atoms with Crippen LogP contribution in [0.15, 0.2) is 48.9 Å². The lowest BCUT2D eigenvalue weighted by Crippen LogP contribution is -2.55. The van der Waals surface area contributed by atoms with Crippen molar-refractivity contribution in [2.24, 2.45) is 5.92 Å². The summed E-state index contributed by atoms with van der Waals surface area (Å²) in [5.74, 6) is 2.50. The summed E-state index contributed by atoms with van der Waals surface area (Å²) in [5.41, 5.74) is 1.85. The Morgan fingerprint density at radius 2 is 1.57 bits per heavy atom. The largest absolute Gasteiger partial charge is 0.347 e. The number of hydrogen-bond acceptors (Lipinski definition) is 3. The van der Waals surface area contributed by atoms with Gasteiger partial charge < -0.3 is 9.97 Å². The first-order valence-corrected chi connectivity index (χ1v) is 11.7. The summed E-state index contributed by atoms with van der Waals surface area (Å²) in [6, 6.07) is 11.0. The number of aromatic nitrogens is 4. The predicted octanol–water partition coefficient (Wildman–Crippen LogP) is 5.55. The lowest BCUT2D eigenvalue weighted by atomic mass is 9.72. The van der Waals surface area contributed by atoms with Gasteiger partial charge in [0.2, 0.25) is 0 Å². The molecule has 3 aromatic rings. The summed E-state index contributed by atoms with van der Waals surface area (Å²) in [6.07, 6.45) is 18.6. The molecule has 5 rings (SSSR count). The van der Waals surface area contributed by atoms with E-state index in [1.807, 2.05) is 18.6 Å². The maximum atomic E-state index is 4.98. The van der Waals surface area contributed by atoms with Gasteiger partial charge in [0, 0.05) is 18.4 Å². The Balaban J connectivity index is 1.60. The summed E-state index contributed by atoms with van der Waals surface area (Å²) in [4.78, 5) is 17.0. The van der Waals surface area contributed by atoms with E-state index in [-0.39, 0.29) is 5.54 Å². The zero-order chi connectivity index (χ0) is 20.2. The average Bonchev–Trinajstić information content (AvgIpc) is 3.53. The summed E-state index contributed by atoms with van der Waals surface area (Å²) < 4.78 is 0. The Hall–Kier alpha value is -2.40. The van der Waals surface area contributed by atoms with Gasteiger partial charge in [-0.15, -0.1) is 0 Å². The van der Waals surface area contributed by atoms with Gasteiger partial charge in [-0.05, 0) is 37.2 Å². The number of H-pyrrole nitrogens is 2. The Kier molecular flexibility index (Phi) is 5.71. The van der Waals surface area contributed by atoms with Crippen molar-refractivity contribution in [2.75, 3.05) is 0 Å². The van der Waals surface area contributed by atoms with Gasteiger partial charge in [0.1, 0.15) is 17.2 Å². The molecular weight excluding hydrogens is 370 g/mol. The van der Waals surface area contributed by atoms with E-state index in [0.717, 1.165) is 17.3 Å². The molecule has 0 amide bonds. The number of hydrogen-bond donors (Lipinski definition) is 3. The van der Waals surface area contributed by atoms with E-state index in [0.29, 0.717) is 12.0 Å². The van der Waals surface area contributed by atoms with Crippen LogP contribution >= 0.6 is 0 Å². The van der Waals surface area contributed by atoms with Gasteiger partial charge in [-0.1, -0.05) is 68.9 Å². The zero-order valence-electron chi connectivity index (χ0n) is 17.7. The summed E-state index contributed by atoms with van der Waals surface area (Å²) in [6.45, 7) is 0. The topological polar surface area (TPSA) is 69.4 Å². The van der Waals surface area contributed by atoms with E-state index >= 15 is 0 Å². The Morgan fingerprint density at radius 3 is 2.27 bits per heavy atom. The van der Waals surface area contributed by atoms with Gasteiger partial charge in [-0.3, -0.25) is 5.32 Å². The smallest absolute Gasteiger partial charge is 0.138 e. The molecule has 2 heterocycles. The van der Waals surface area contributed by atoms with Crippen LogP contribution in [-0.4, -0.2) is 26.0 Å². The van der Waals surface area contributed by atoms with Gasteiger partial charge in [0.25, 0.3) is 0 Å². The summed E-state index contributed by atoms with van der Waals surface area (Å²) in [5, 5.41) is 4.14. The van der Waals surface area contributed by atoms with Gasteiger partial charge in [0.15, 0.2) is 0 Å². The maximum absolute atomic E-state index is 4.98. The highest BCUT2D eigenvalue weighted by Gasteiger charge is 2.48. The third-order valence-electron chi connectivity index (χ3n) is 7.16. The Bertz CT molecular complexity index is 904. The van der Waals surface area contributed by atoms with Crippen LogP contribution in [0.4, 0.5) is 0 Å². The van der Waals surface area contributed by atoms with Crippen LogP contribution in [0.5, 0.6) is 0 Å². The highest BCUT2D eigenvalue weighted by atomic mass is 15.2. The highest BCUT2D eigenvalue weighted by molar-refractivity contribution is 5.58. The molecule has 1 atom stereocenters. The molecule has 5 heteroatoms. The van der Waals surface area contributed by atoms with Crippen LogP contribution in [0.25, 0.3) is 11.3 Å². The fourth-order valence-corrected chi connectivity index (χ4v) is 5.62. The van der Waals surface area contributed by atoms with E-state index in [2.05, 4.69) is 45.6 Å². The maximum Gasteiger partial charge on any atom is 0.138 e. The Morgan fingerprint density at radius 1 is 0.833 bits per heavy atom. The summed E-state index contributed by atoms with van der Waals surface area (Å²) in [7, 11) is 0. The zero-order valence-corrected chi connectivity index (χ0v) is 17.7. The first-order valence-electron chi connectivity index (χ1n) is 11.7. The molecule has 2 aliphatic carbocycles. The van der Waals surface area contributed by atoms with Gasteiger partial charge in [-0.25, -0.2) is 9.97 Å². The third-order valence-corrected chi connectivity index (χ3v) is 7.16. The second-order valence-electron chi connectivity index (χ2n) is 9.07. The fourth-order valence-electron chi connectivity index (χ4n) is 5.62. The lowest BCUT2D eigenvalue weighted by molar-refractivity contribution is 0.150. The van der Waals surface area contributed by atoms with Gasteiger partial charge in [0.05, 0.1) is 11.9 Å². The van der Waals surface area contributed by atoms with Crippen molar-refractivity contribution in [1.29, 1.82) is 0 Å². The van der Waals surface area contributed by atoms with Crippen LogP contribution < -0.4 is 5.32 Å². The molecule has 2 saturated carbocycles. The molecule has 2 aromatic heterocycles. The second kappa shape index (κ2) is 8.76. The van der Waals surface area contributed by atoms with Gasteiger partial charge >= 0.3 is 0 Å². The van der Waals surface area contributed by atoms with Crippen LogP contribution in [0, 0.1) is 5.92 Å². The molecule has 5 nitrogen and oxygen atoms in total. The lowest BCUT2D eigenvalue weighted by Gasteiger charge is -2.43. The van der Waals surface area contributed by atoms with E-state index in [1.54, 1.807) is 0 Å². The van der Waals surface area contributed by atoms with E-state index in [1.165, 1.54) is 69.8 Å². The standard InChI is InChI=1S/C25H33N5/c1-4-10-19(11-5-1)22-18-28-24(29-22)25(23-26-16-17-27-23,20-12-6-2-7-13-20)30-21-14-8-3-9-15-21/h1,4-5,10-11,16-18,20-21,30H,2-3,6-9,12-15H2,(H,26,27)(H,28,29)/t25-/m0/s1. The number of imidazole rings is 2. The molecule has 158 valence electrons. The monoisotopic (exact) mass is 403 g/mol. The number of nitrogens with zero attached hydrogens (tertiary/aromatic N) is 2. The minimum atomic E-state index is -0.390. The minimum absolute atomic E-state index is 0.390. The molecule has 1 aromatic carbocycles. The Labute approximate surface area is 179 Å². The third kappa shape index (κ3) is 3.71. The fraction of sp³-hybridized carbons (Fsp3) is 0.520. The van der Waals surface area contributed by atoms with Crippen LogP contribution in [0.2, 0.25) is 0 Å². The van der Waals surface area contributed by atoms with E-state index in [9.17, 15) is 0 Å². The van der Waals surface area contributed by atoms with Crippen molar-refractivity contribution < 1.29 is 0 Å². The number of nitrogens with one attached hydrogen (secondary N) is 3. The molecule has 0 radical (unpaired) electrons. The van der Waals surface area contributed by atoms with Crippen molar-refractivity contribution in [2.45, 2.75) is 75.8 Å². The molecule has 3 N–H and O–H groups in total. The van der Waals surface area contributed by atoms with Crippen molar-refractivity contribution in [3.05, 3.63) is 60.6 Å². The molecule has 2 fully saturated rings. The van der Waals surface area contributed by atoms with Crippen molar-refractivity contribution in [1.82, 2.24) is 25.3 Å². The van der Waals surface area contributed by atoms with Crippen LogP contribution in [-0.2, 0) is 5.54 Å². The first-order chi connectivity index (χ1) is 14.9. The molecule has 0 bridgehead atoms. The van der Waals surface area contributed by atoms with Crippen molar-refractivity contribution in [3.8, 4) is 11.3 Å². The second-order valence-corrected chi connectivity index (χ2v) is 9.07. The molecule has 0 spiro atoms. The normalized spacial score (nSPS) is 20.8. The van der Waals surface area contributed by atoms with Crippen LogP contribution in [0.1, 0.15) is 75.9 Å².